The molecule has 170 valence electrons. The molecule has 3 heterocycles. The minimum absolute atomic E-state index is 0.602. The molecule has 5 aromatic rings. The topological polar surface area (TPSA) is 47.5 Å². The highest BCUT2D eigenvalue weighted by Crippen LogP contribution is 2.40. The number of hydrogen-bond acceptors (Lipinski definition) is 6. The van der Waals surface area contributed by atoms with Crippen LogP contribution in [0.2, 0.25) is 0 Å². The average molecular weight is 532 g/mol. The van der Waals surface area contributed by atoms with Crippen LogP contribution in [0.5, 0.6) is 11.6 Å². The Morgan fingerprint density at radius 3 is 2.59 bits per heavy atom. The second-order valence-electron chi connectivity index (χ2n) is 8.28. The van der Waals surface area contributed by atoms with Crippen molar-refractivity contribution in [2.75, 3.05) is 26.3 Å². The Hall–Kier alpha value is -2.84. The molecule has 0 atom stereocenters. The SMILES string of the molecule is Brc1ccc2cc(Oc3nc(CN4CCOCC4)nc4scc(-c5ccccc5)c34)ccc2c1. The van der Waals surface area contributed by atoms with Crippen LogP contribution in [0.15, 0.2) is 76.6 Å². The van der Waals surface area contributed by atoms with Crippen LogP contribution < -0.4 is 4.74 Å². The molecule has 3 aromatic carbocycles. The predicted molar refractivity (Wildman–Crippen MR) is 141 cm³/mol. The number of thiophene rings is 1. The van der Waals surface area contributed by atoms with E-state index < -0.39 is 0 Å². The van der Waals surface area contributed by atoms with Crippen LogP contribution in [0, 0.1) is 0 Å². The molecule has 0 saturated carbocycles. The molecule has 0 bridgehead atoms. The van der Waals surface area contributed by atoms with Crippen LogP contribution in [0.25, 0.3) is 32.1 Å². The first kappa shape index (κ1) is 21.7. The molecule has 1 aliphatic heterocycles. The zero-order chi connectivity index (χ0) is 22.9. The maximum atomic E-state index is 6.48. The molecule has 0 aliphatic carbocycles. The highest BCUT2D eigenvalue weighted by Gasteiger charge is 2.19. The number of ether oxygens (including phenoxy) is 2. The van der Waals surface area contributed by atoms with Gasteiger partial charge in [0.1, 0.15) is 16.4 Å². The number of morpholine rings is 1. The van der Waals surface area contributed by atoms with Crippen molar-refractivity contribution < 1.29 is 9.47 Å². The first-order chi connectivity index (χ1) is 16.7. The van der Waals surface area contributed by atoms with Crippen molar-refractivity contribution in [2.45, 2.75) is 6.54 Å². The molecule has 0 radical (unpaired) electrons. The van der Waals surface area contributed by atoms with Gasteiger partial charge in [-0.2, -0.15) is 4.98 Å². The largest absolute Gasteiger partial charge is 0.438 e. The van der Waals surface area contributed by atoms with Crippen molar-refractivity contribution in [3.05, 3.63) is 82.4 Å². The van der Waals surface area contributed by atoms with Gasteiger partial charge in [0.25, 0.3) is 0 Å². The van der Waals surface area contributed by atoms with Crippen molar-refractivity contribution in [1.29, 1.82) is 0 Å². The van der Waals surface area contributed by atoms with E-state index >= 15 is 0 Å². The van der Waals surface area contributed by atoms with Crippen LogP contribution in [0.3, 0.4) is 0 Å². The lowest BCUT2D eigenvalue weighted by Gasteiger charge is -2.25. The number of fused-ring (bicyclic) bond motifs is 2. The van der Waals surface area contributed by atoms with Crippen LogP contribution in [-0.4, -0.2) is 41.2 Å². The zero-order valence-electron chi connectivity index (χ0n) is 18.4. The number of aromatic nitrogens is 2. The molecule has 2 aromatic heterocycles. The lowest BCUT2D eigenvalue weighted by atomic mass is 10.1. The molecular weight excluding hydrogens is 510 g/mol. The number of nitrogens with zero attached hydrogens (tertiary/aromatic N) is 3. The average Bonchev–Trinajstić information content (AvgIpc) is 3.30. The van der Waals surface area contributed by atoms with Crippen LogP contribution >= 0.6 is 27.3 Å². The summed E-state index contributed by atoms with van der Waals surface area (Å²) in [6, 6.07) is 22.7. The number of halogens is 1. The van der Waals surface area contributed by atoms with Gasteiger partial charge < -0.3 is 9.47 Å². The minimum Gasteiger partial charge on any atom is -0.438 e. The standard InChI is InChI=1S/C27H22BrN3O2S/c28-21-8-6-20-15-22(9-7-19(20)14-21)33-26-25-23(18-4-2-1-3-5-18)17-34-27(25)30-24(29-26)16-31-10-12-32-13-11-31/h1-9,14-15,17H,10-13,16H2. The summed E-state index contributed by atoms with van der Waals surface area (Å²) in [5.41, 5.74) is 2.23. The highest BCUT2D eigenvalue weighted by atomic mass is 79.9. The van der Waals surface area contributed by atoms with Gasteiger partial charge in [-0.3, -0.25) is 4.90 Å². The fourth-order valence-corrected chi connectivity index (χ4v) is 5.59. The fourth-order valence-electron chi connectivity index (χ4n) is 4.26. The molecule has 1 fully saturated rings. The van der Waals surface area contributed by atoms with Crippen LogP contribution in [-0.2, 0) is 11.3 Å². The van der Waals surface area contributed by atoms with Crippen LogP contribution in [0.1, 0.15) is 5.82 Å². The van der Waals surface area contributed by atoms with E-state index in [9.17, 15) is 0 Å². The maximum absolute atomic E-state index is 6.48. The smallest absolute Gasteiger partial charge is 0.232 e. The summed E-state index contributed by atoms with van der Waals surface area (Å²) in [6.45, 7) is 3.95. The fraction of sp³-hybridized carbons (Fsp3) is 0.185. The van der Waals surface area contributed by atoms with Gasteiger partial charge >= 0.3 is 0 Å². The van der Waals surface area contributed by atoms with Crippen molar-refractivity contribution >= 4 is 48.3 Å². The molecule has 7 heteroatoms. The molecule has 5 nitrogen and oxygen atoms in total. The molecule has 0 N–H and O–H groups in total. The first-order valence-corrected chi connectivity index (χ1v) is 12.9. The first-order valence-electron chi connectivity index (χ1n) is 11.2. The molecule has 0 spiro atoms. The van der Waals surface area contributed by atoms with Gasteiger partial charge in [-0.25, -0.2) is 4.98 Å². The Morgan fingerprint density at radius 2 is 1.74 bits per heavy atom. The van der Waals surface area contributed by atoms with Gasteiger partial charge in [0, 0.05) is 28.5 Å². The predicted octanol–water partition coefficient (Wildman–Crippen LogP) is 6.90. The van der Waals surface area contributed by atoms with E-state index in [0.29, 0.717) is 12.4 Å². The Labute approximate surface area is 210 Å². The van der Waals surface area contributed by atoms with Gasteiger partial charge in [0.2, 0.25) is 5.88 Å². The molecule has 0 amide bonds. The van der Waals surface area contributed by atoms with E-state index in [4.69, 9.17) is 19.4 Å². The lowest BCUT2D eigenvalue weighted by molar-refractivity contribution is 0.0330. The summed E-state index contributed by atoms with van der Waals surface area (Å²) in [7, 11) is 0. The third-order valence-corrected chi connectivity index (χ3v) is 7.35. The third-order valence-electron chi connectivity index (χ3n) is 5.99. The number of hydrogen-bond donors (Lipinski definition) is 0. The Balaban J connectivity index is 1.44. The summed E-state index contributed by atoms with van der Waals surface area (Å²) < 4.78 is 13.0. The third kappa shape index (κ3) is 4.44. The molecule has 6 rings (SSSR count). The quantitative estimate of drug-likeness (QED) is 0.247. The Morgan fingerprint density at radius 1 is 0.941 bits per heavy atom. The molecule has 0 unspecified atom stereocenters. The van der Waals surface area contributed by atoms with E-state index in [-0.39, 0.29) is 0 Å². The Bertz CT molecular complexity index is 1470. The van der Waals surface area contributed by atoms with Crippen LogP contribution in [0.4, 0.5) is 0 Å². The summed E-state index contributed by atoms with van der Waals surface area (Å²) in [5, 5.41) is 5.38. The van der Waals surface area contributed by atoms with E-state index in [2.05, 4.69) is 74.7 Å². The molecule has 1 aliphatic rings. The second kappa shape index (κ2) is 9.43. The summed E-state index contributed by atoms with van der Waals surface area (Å²) in [5.74, 6) is 2.14. The monoisotopic (exact) mass is 531 g/mol. The number of rotatable bonds is 5. The summed E-state index contributed by atoms with van der Waals surface area (Å²) in [6.07, 6.45) is 0. The van der Waals surface area contributed by atoms with Gasteiger partial charge in [0.05, 0.1) is 25.1 Å². The second-order valence-corrected chi connectivity index (χ2v) is 10.1. The van der Waals surface area contributed by atoms with E-state index in [1.807, 2.05) is 18.2 Å². The molecule has 1 saturated heterocycles. The van der Waals surface area contributed by atoms with Crippen molar-refractivity contribution in [1.82, 2.24) is 14.9 Å². The van der Waals surface area contributed by atoms with Crippen molar-refractivity contribution in [3.8, 4) is 22.8 Å². The minimum atomic E-state index is 0.602. The van der Waals surface area contributed by atoms with E-state index in [1.165, 1.54) is 0 Å². The summed E-state index contributed by atoms with van der Waals surface area (Å²) in [4.78, 5) is 13.1. The molecular formula is C27H22BrN3O2S. The van der Waals surface area contributed by atoms with Gasteiger partial charge in [-0.1, -0.05) is 58.4 Å². The van der Waals surface area contributed by atoms with Gasteiger partial charge in [0.15, 0.2) is 0 Å². The normalized spacial score (nSPS) is 14.6. The van der Waals surface area contributed by atoms with Gasteiger partial charge in [-0.05, 0) is 40.6 Å². The van der Waals surface area contributed by atoms with Gasteiger partial charge in [-0.15, -0.1) is 11.3 Å². The zero-order valence-corrected chi connectivity index (χ0v) is 20.8. The lowest BCUT2D eigenvalue weighted by Crippen LogP contribution is -2.36. The Kier molecular flexibility index (Phi) is 6.01. The number of benzene rings is 3. The van der Waals surface area contributed by atoms with E-state index in [0.717, 1.165) is 74.5 Å². The summed E-state index contributed by atoms with van der Waals surface area (Å²) >= 11 is 5.18. The van der Waals surface area contributed by atoms with E-state index in [1.54, 1.807) is 11.3 Å². The highest BCUT2D eigenvalue weighted by molar-refractivity contribution is 9.10. The molecule has 34 heavy (non-hydrogen) atoms. The van der Waals surface area contributed by atoms with Crippen molar-refractivity contribution in [2.24, 2.45) is 0 Å². The maximum Gasteiger partial charge on any atom is 0.232 e. The van der Waals surface area contributed by atoms with Crippen molar-refractivity contribution in [3.63, 3.8) is 0 Å².